The summed E-state index contributed by atoms with van der Waals surface area (Å²) in [4.78, 5) is 22.6. The molecule has 1 amide bonds. The van der Waals surface area contributed by atoms with Gasteiger partial charge in [0.1, 0.15) is 23.1 Å². The molecule has 3 aromatic heterocycles. The van der Waals surface area contributed by atoms with Gasteiger partial charge in [0.25, 0.3) is 11.7 Å². The van der Waals surface area contributed by atoms with Crippen molar-refractivity contribution in [2.24, 2.45) is 11.3 Å². The van der Waals surface area contributed by atoms with Crippen LogP contribution in [0.1, 0.15) is 65.8 Å². The average molecular weight is 409 g/mol. The molecule has 0 bridgehead atoms. The van der Waals surface area contributed by atoms with E-state index < -0.39 is 0 Å². The molecule has 0 spiro atoms. The number of nitriles is 1. The normalized spacial score (nSPS) is 16.4. The van der Waals surface area contributed by atoms with Crippen LogP contribution >= 0.6 is 11.3 Å². The van der Waals surface area contributed by atoms with Crippen molar-refractivity contribution in [3.63, 3.8) is 0 Å². The monoisotopic (exact) mass is 408 g/mol. The Morgan fingerprint density at radius 3 is 3.00 bits per heavy atom. The zero-order chi connectivity index (χ0) is 20.8. The summed E-state index contributed by atoms with van der Waals surface area (Å²) in [7, 11) is 0. The number of aryl methyl sites for hydroxylation is 1. The van der Waals surface area contributed by atoms with E-state index >= 15 is 0 Å². The summed E-state index contributed by atoms with van der Waals surface area (Å²) in [6, 6.07) is 4.00. The topological polar surface area (TPSA) is 96.0 Å². The molecule has 7 nitrogen and oxygen atoms in total. The Hall–Kier alpha value is -2.79. The highest BCUT2D eigenvalue weighted by Gasteiger charge is 2.34. The molecule has 1 atom stereocenters. The van der Waals surface area contributed by atoms with E-state index in [4.69, 9.17) is 0 Å². The standard InChI is InChI=1S/C21H24N6OS/c1-5-21(3,4)13-6-7-14-15(10-22)19(29-17(14)9-13)26-18(28)16-8-12(2)25-20-23-11-24-27(16)20/h8,11,13H,5-7,9H2,1-4H3,(H,26,28)/t13-/m0/s1. The lowest BCUT2D eigenvalue weighted by molar-refractivity contribution is 0.102. The number of amides is 1. The molecule has 150 valence electrons. The van der Waals surface area contributed by atoms with Crippen molar-refractivity contribution in [2.45, 2.75) is 53.4 Å². The minimum absolute atomic E-state index is 0.269. The van der Waals surface area contributed by atoms with Gasteiger partial charge in [-0.1, -0.05) is 27.2 Å². The first-order valence-electron chi connectivity index (χ1n) is 9.87. The fourth-order valence-electron chi connectivity index (χ4n) is 4.01. The lowest BCUT2D eigenvalue weighted by Gasteiger charge is -2.36. The number of thiophene rings is 1. The lowest BCUT2D eigenvalue weighted by atomic mass is 9.69. The molecule has 1 N–H and O–H groups in total. The lowest BCUT2D eigenvalue weighted by Crippen LogP contribution is -2.28. The summed E-state index contributed by atoms with van der Waals surface area (Å²) in [5, 5.41) is 17.4. The second-order valence-electron chi connectivity index (χ2n) is 8.31. The van der Waals surface area contributed by atoms with E-state index in [0.717, 1.165) is 31.2 Å². The number of nitrogens with one attached hydrogen (secondary N) is 1. The molecule has 0 aliphatic heterocycles. The van der Waals surface area contributed by atoms with Crippen molar-refractivity contribution in [3.05, 3.63) is 39.8 Å². The van der Waals surface area contributed by atoms with E-state index in [0.29, 0.717) is 33.6 Å². The Labute approximate surface area is 173 Å². The van der Waals surface area contributed by atoms with Crippen LogP contribution < -0.4 is 5.32 Å². The number of hydrogen-bond donors (Lipinski definition) is 1. The van der Waals surface area contributed by atoms with Crippen LogP contribution in [0.3, 0.4) is 0 Å². The van der Waals surface area contributed by atoms with Gasteiger partial charge < -0.3 is 5.32 Å². The molecule has 29 heavy (non-hydrogen) atoms. The molecule has 1 aliphatic rings. The second kappa shape index (κ2) is 7.23. The molecule has 0 fully saturated rings. The molecule has 4 rings (SSSR count). The average Bonchev–Trinajstić information content (AvgIpc) is 3.30. The van der Waals surface area contributed by atoms with Crippen molar-refractivity contribution in [1.29, 1.82) is 5.26 Å². The van der Waals surface area contributed by atoms with Gasteiger partial charge in [-0.3, -0.25) is 4.79 Å². The smallest absolute Gasteiger partial charge is 0.275 e. The Bertz CT molecular complexity index is 1140. The highest BCUT2D eigenvalue weighted by atomic mass is 32.1. The van der Waals surface area contributed by atoms with E-state index in [1.807, 2.05) is 6.92 Å². The quantitative estimate of drug-likeness (QED) is 0.699. The van der Waals surface area contributed by atoms with E-state index in [1.54, 1.807) is 6.07 Å². The van der Waals surface area contributed by atoms with Gasteiger partial charge in [0.15, 0.2) is 0 Å². The van der Waals surface area contributed by atoms with Crippen LogP contribution in [0, 0.1) is 29.6 Å². The van der Waals surface area contributed by atoms with E-state index in [-0.39, 0.29) is 11.3 Å². The fourth-order valence-corrected chi connectivity index (χ4v) is 5.28. The van der Waals surface area contributed by atoms with Gasteiger partial charge in [-0.25, -0.2) is 4.98 Å². The van der Waals surface area contributed by atoms with Gasteiger partial charge in [-0.15, -0.1) is 11.3 Å². The summed E-state index contributed by atoms with van der Waals surface area (Å²) in [5.74, 6) is 0.656. The van der Waals surface area contributed by atoms with E-state index in [9.17, 15) is 10.1 Å². The molecule has 3 aromatic rings. The van der Waals surface area contributed by atoms with Crippen LogP contribution in [0.5, 0.6) is 0 Å². The minimum atomic E-state index is -0.313. The number of carbonyl (C=O) groups is 1. The Morgan fingerprint density at radius 1 is 1.48 bits per heavy atom. The van der Waals surface area contributed by atoms with Crippen LogP contribution in [0.15, 0.2) is 12.4 Å². The second-order valence-corrected chi connectivity index (χ2v) is 9.42. The molecular formula is C21H24N6OS. The van der Waals surface area contributed by atoms with Crippen molar-refractivity contribution in [1.82, 2.24) is 19.6 Å². The summed E-state index contributed by atoms with van der Waals surface area (Å²) in [6.07, 6.45) is 5.43. The molecule has 8 heteroatoms. The van der Waals surface area contributed by atoms with Crippen LogP contribution in [0.25, 0.3) is 5.78 Å². The SMILES string of the molecule is CCC(C)(C)[C@H]1CCc2c(sc(NC(=O)c3cc(C)nc4ncnn34)c2C#N)C1. The molecule has 0 saturated carbocycles. The minimum Gasteiger partial charge on any atom is -0.311 e. The maximum atomic E-state index is 13.0. The molecule has 0 unspecified atom stereocenters. The largest absolute Gasteiger partial charge is 0.311 e. The van der Waals surface area contributed by atoms with Crippen LogP contribution in [0.2, 0.25) is 0 Å². The Balaban J connectivity index is 1.66. The number of rotatable bonds is 4. The Kier molecular flexibility index (Phi) is 4.87. The molecule has 0 saturated heterocycles. The van der Waals surface area contributed by atoms with Gasteiger partial charge in [-0.05, 0) is 49.1 Å². The van der Waals surface area contributed by atoms with Crippen LogP contribution in [0.4, 0.5) is 5.00 Å². The van der Waals surface area contributed by atoms with Crippen molar-refractivity contribution in [2.75, 3.05) is 5.32 Å². The first kappa shape index (κ1) is 19.5. The fraction of sp³-hybridized carbons (Fsp3) is 0.476. The third-order valence-corrected chi connectivity index (χ3v) is 7.40. The third kappa shape index (κ3) is 3.40. The van der Waals surface area contributed by atoms with Crippen LogP contribution in [-0.4, -0.2) is 25.5 Å². The van der Waals surface area contributed by atoms with Crippen molar-refractivity contribution in [3.8, 4) is 6.07 Å². The highest BCUT2D eigenvalue weighted by Crippen LogP contribution is 2.45. The van der Waals surface area contributed by atoms with E-state index in [2.05, 4.69) is 47.2 Å². The van der Waals surface area contributed by atoms with Crippen molar-refractivity contribution >= 4 is 28.0 Å². The summed E-state index contributed by atoms with van der Waals surface area (Å²) < 4.78 is 1.42. The molecule has 1 aliphatic carbocycles. The molecule has 0 aromatic carbocycles. The number of fused-ring (bicyclic) bond motifs is 2. The zero-order valence-corrected chi connectivity index (χ0v) is 17.9. The van der Waals surface area contributed by atoms with Gasteiger partial charge in [0, 0.05) is 10.6 Å². The summed E-state index contributed by atoms with van der Waals surface area (Å²) in [5.41, 5.74) is 3.02. The number of carbonyl (C=O) groups excluding carboxylic acids is 1. The maximum Gasteiger partial charge on any atom is 0.275 e. The molecule has 0 radical (unpaired) electrons. The number of hydrogen-bond acceptors (Lipinski definition) is 6. The first-order chi connectivity index (χ1) is 13.8. The van der Waals surface area contributed by atoms with Gasteiger partial charge in [0.05, 0.1) is 5.56 Å². The Morgan fingerprint density at radius 2 is 2.28 bits per heavy atom. The molecular weight excluding hydrogens is 384 g/mol. The summed E-state index contributed by atoms with van der Waals surface area (Å²) in [6.45, 7) is 8.68. The number of anilines is 1. The highest BCUT2D eigenvalue weighted by molar-refractivity contribution is 7.16. The predicted molar refractivity (Wildman–Crippen MR) is 112 cm³/mol. The number of nitrogens with zero attached hydrogens (tertiary/aromatic N) is 5. The number of aromatic nitrogens is 4. The first-order valence-corrected chi connectivity index (χ1v) is 10.7. The van der Waals surface area contributed by atoms with Crippen LogP contribution in [-0.2, 0) is 12.8 Å². The van der Waals surface area contributed by atoms with Crippen molar-refractivity contribution < 1.29 is 4.79 Å². The van der Waals surface area contributed by atoms with Gasteiger partial charge >= 0.3 is 0 Å². The maximum absolute atomic E-state index is 13.0. The summed E-state index contributed by atoms with van der Waals surface area (Å²) >= 11 is 1.54. The third-order valence-electron chi connectivity index (χ3n) is 6.23. The zero-order valence-electron chi connectivity index (χ0n) is 17.1. The molecule has 3 heterocycles. The van der Waals surface area contributed by atoms with E-state index in [1.165, 1.54) is 27.1 Å². The van der Waals surface area contributed by atoms with Gasteiger partial charge in [0.2, 0.25) is 0 Å². The van der Waals surface area contributed by atoms with Gasteiger partial charge in [-0.2, -0.15) is 19.9 Å². The predicted octanol–water partition coefficient (Wildman–Crippen LogP) is 4.16.